The van der Waals surface area contributed by atoms with Gasteiger partial charge in [0.05, 0.1) is 0 Å². The normalized spacial score (nSPS) is 12.6. The second kappa shape index (κ2) is 6.66. The molecule has 0 amide bonds. The molecule has 1 unspecified atom stereocenters. The monoisotopic (exact) mass is 260 g/mol. The van der Waals surface area contributed by atoms with Gasteiger partial charge in [-0.3, -0.25) is 0 Å². The molecule has 18 heavy (non-hydrogen) atoms. The number of thioether (sulfide) groups is 1. The van der Waals surface area contributed by atoms with Gasteiger partial charge in [-0.1, -0.05) is 18.2 Å². The summed E-state index contributed by atoms with van der Waals surface area (Å²) in [7, 11) is 0. The Labute approximate surface area is 113 Å². The Morgan fingerprint density at radius 2 is 1.94 bits per heavy atom. The van der Waals surface area contributed by atoms with Crippen LogP contribution in [0, 0.1) is 0 Å². The van der Waals surface area contributed by atoms with Crippen molar-refractivity contribution >= 4 is 11.8 Å². The number of rotatable bonds is 6. The predicted octanol–water partition coefficient (Wildman–Crippen LogP) is 3.17. The van der Waals surface area contributed by atoms with E-state index in [0.717, 1.165) is 18.7 Å². The van der Waals surface area contributed by atoms with Crippen LogP contribution in [0.4, 0.5) is 0 Å². The van der Waals surface area contributed by atoms with Crippen molar-refractivity contribution in [2.24, 2.45) is 5.73 Å². The summed E-state index contributed by atoms with van der Waals surface area (Å²) in [5.74, 6) is 1.09. The predicted molar refractivity (Wildman–Crippen MR) is 79.0 cm³/mol. The molecule has 2 N–H and O–H groups in total. The first-order chi connectivity index (χ1) is 8.75. The van der Waals surface area contributed by atoms with E-state index < -0.39 is 0 Å². The zero-order valence-corrected chi connectivity index (χ0v) is 11.6. The van der Waals surface area contributed by atoms with Gasteiger partial charge in [0.2, 0.25) is 0 Å². The van der Waals surface area contributed by atoms with Crippen molar-refractivity contribution in [3.63, 3.8) is 0 Å². The van der Waals surface area contributed by atoms with E-state index in [9.17, 15) is 0 Å². The van der Waals surface area contributed by atoms with Gasteiger partial charge in [-0.15, -0.1) is 11.8 Å². The second-order valence-electron chi connectivity index (χ2n) is 4.54. The number of nitrogens with zero attached hydrogens (tertiary/aromatic N) is 1. The Morgan fingerprint density at radius 3 is 2.67 bits per heavy atom. The quantitative estimate of drug-likeness (QED) is 0.809. The van der Waals surface area contributed by atoms with Gasteiger partial charge in [0.25, 0.3) is 0 Å². The molecule has 0 aliphatic rings. The highest BCUT2D eigenvalue weighted by Gasteiger charge is 2.03. The first kappa shape index (κ1) is 13.2. The summed E-state index contributed by atoms with van der Waals surface area (Å²) in [6.07, 6.45) is 3.09. The summed E-state index contributed by atoms with van der Waals surface area (Å²) < 4.78 is 2.30. The van der Waals surface area contributed by atoms with E-state index in [4.69, 9.17) is 5.73 Å². The number of benzene rings is 1. The molecule has 3 heteroatoms. The molecule has 1 atom stereocenters. The van der Waals surface area contributed by atoms with Crippen LogP contribution in [0.1, 0.15) is 12.6 Å². The van der Waals surface area contributed by atoms with Crippen LogP contribution >= 0.6 is 11.8 Å². The summed E-state index contributed by atoms with van der Waals surface area (Å²) in [6.45, 7) is 3.09. The molecule has 1 heterocycles. The molecule has 0 bridgehead atoms. The Kier molecular flexibility index (Phi) is 4.90. The van der Waals surface area contributed by atoms with E-state index in [1.54, 1.807) is 0 Å². The smallest absolute Gasteiger partial charge is 0.0316 e. The zero-order valence-electron chi connectivity index (χ0n) is 10.8. The molecular formula is C15H20N2S. The highest BCUT2D eigenvalue weighted by atomic mass is 32.2. The summed E-state index contributed by atoms with van der Waals surface area (Å²) in [6, 6.07) is 15.0. The Balaban J connectivity index is 1.85. The molecule has 96 valence electrons. The molecule has 0 saturated carbocycles. The maximum absolute atomic E-state index is 5.85. The lowest BCUT2D eigenvalue weighted by molar-refractivity contribution is 0.657. The highest BCUT2D eigenvalue weighted by Crippen LogP contribution is 2.17. The lowest BCUT2D eigenvalue weighted by Crippen LogP contribution is -2.20. The van der Waals surface area contributed by atoms with E-state index in [1.807, 2.05) is 11.8 Å². The molecule has 0 saturated heterocycles. The van der Waals surface area contributed by atoms with Crippen molar-refractivity contribution in [1.82, 2.24) is 4.57 Å². The van der Waals surface area contributed by atoms with Crippen molar-refractivity contribution in [3.8, 4) is 0 Å². The fraction of sp³-hybridized carbons (Fsp3) is 0.333. The topological polar surface area (TPSA) is 30.9 Å². The molecule has 0 fully saturated rings. The average Bonchev–Trinajstić information content (AvgIpc) is 2.77. The van der Waals surface area contributed by atoms with Gasteiger partial charge in [0.1, 0.15) is 0 Å². The van der Waals surface area contributed by atoms with E-state index >= 15 is 0 Å². The molecule has 1 aromatic carbocycles. The van der Waals surface area contributed by atoms with Crippen LogP contribution in [0.2, 0.25) is 0 Å². The van der Waals surface area contributed by atoms with Crippen LogP contribution < -0.4 is 5.73 Å². The minimum Gasteiger partial charge on any atom is -0.351 e. The number of aryl methyl sites for hydroxylation is 1. The molecule has 0 aliphatic heterocycles. The fourth-order valence-corrected chi connectivity index (χ4v) is 2.83. The molecule has 0 radical (unpaired) electrons. The molecular weight excluding hydrogens is 240 g/mol. The van der Waals surface area contributed by atoms with Gasteiger partial charge in [-0.25, -0.2) is 0 Å². The number of hydrogen-bond acceptors (Lipinski definition) is 2. The third-order valence-electron chi connectivity index (χ3n) is 2.80. The minimum atomic E-state index is 0.223. The van der Waals surface area contributed by atoms with E-state index in [2.05, 4.69) is 60.2 Å². The summed E-state index contributed by atoms with van der Waals surface area (Å²) >= 11 is 1.89. The third kappa shape index (κ3) is 3.93. The second-order valence-corrected chi connectivity index (χ2v) is 5.70. The minimum absolute atomic E-state index is 0.223. The summed E-state index contributed by atoms with van der Waals surface area (Å²) in [5.41, 5.74) is 7.19. The van der Waals surface area contributed by atoms with Crippen molar-refractivity contribution in [2.45, 2.75) is 30.8 Å². The largest absolute Gasteiger partial charge is 0.351 e. The maximum atomic E-state index is 5.85. The molecule has 0 spiro atoms. The van der Waals surface area contributed by atoms with E-state index in [-0.39, 0.29) is 6.04 Å². The van der Waals surface area contributed by atoms with Gasteiger partial charge in [0, 0.05) is 41.5 Å². The Morgan fingerprint density at radius 1 is 1.17 bits per heavy atom. The van der Waals surface area contributed by atoms with E-state index in [1.165, 1.54) is 10.6 Å². The fourth-order valence-electron chi connectivity index (χ4n) is 1.96. The number of hydrogen-bond donors (Lipinski definition) is 1. The van der Waals surface area contributed by atoms with Gasteiger partial charge < -0.3 is 10.3 Å². The molecule has 2 nitrogen and oxygen atoms in total. The van der Waals surface area contributed by atoms with Gasteiger partial charge in [-0.2, -0.15) is 0 Å². The lowest BCUT2D eigenvalue weighted by Gasteiger charge is -2.11. The Bertz CT molecular complexity index is 462. The van der Waals surface area contributed by atoms with Crippen LogP contribution in [0.5, 0.6) is 0 Å². The van der Waals surface area contributed by atoms with Crippen LogP contribution in [0.25, 0.3) is 0 Å². The van der Waals surface area contributed by atoms with Gasteiger partial charge in [-0.05, 0) is 31.2 Å². The van der Waals surface area contributed by atoms with Crippen molar-refractivity contribution < 1.29 is 0 Å². The standard InChI is InChI=1S/C15H20N2S/c1-13(16)12-14-6-5-9-17(14)10-11-18-15-7-3-2-4-8-15/h2-9,13H,10-12,16H2,1H3. The van der Waals surface area contributed by atoms with Crippen LogP contribution in [-0.2, 0) is 13.0 Å². The van der Waals surface area contributed by atoms with Crippen LogP contribution in [-0.4, -0.2) is 16.4 Å². The van der Waals surface area contributed by atoms with Crippen molar-refractivity contribution in [2.75, 3.05) is 5.75 Å². The zero-order chi connectivity index (χ0) is 12.8. The molecule has 1 aromatic heterocycles. The molecule has 2 rings (SSSR count). The maximum Gasteiger partial charge on any atom is 0.0316 e. The summed E-state index contributed by atoms with van der Waals surface area (Å²) in [5, 5.41) is 0. The average molecular weight is 260 g/mol. The Hall–Kier alpha value is -1.19. The van der Waals surface area contributed by atoms with Crippen LogP contribution in [0.15, 0.2) is 53.6 Å². The first-order valence-electron chi connectivity index (χ1n) is 6.33. The first-order valence-corrected chi connectivity index (χ1v) is 7.31. The van der Waals surface area contributed by atoms with Gasteiger partial charge in [0.15, 0.2) is 0 Å². The van der Waals surface area contributed by atoms with Crippen molar-refractivity contribution in [1.29, 1.82) is 0 Å². The number of nitrogens with two attached hydrogens (primary N) is 1. The molecule has 2 aromatic rings. The SMILES string of the molecule is CC(N)Cc1cccn1CCSc1ccccc1. The lowest BCUT2D eigenvalue weighted by atomic mass is 10.2. The molecule has 0 aliphatic carbocycles. The number of aromatic nitrogens is 1. The third-order valence-corrected chi connectivity index (χ3v) is 3.79. The van der Waals surface area contributed by atoms with Gasteiger partial charge >= 0.3 is 0 Å². The van der Waals surface area contributed by atoms with Crippen molar-refractivity contribution in [3.05, 3.63) is 54.4 Å². The highest BCUT2D eigenvalue weighted by molar-refractivity contribution is 7.99. The van der Waals surface area contributed by atoms with Crippen LogP contribution in [0.3, 0.4) is 0 Å². The van der Waals surface area contributed by atoms with E-state index in [0.29, 0.717) is 0 Å². The summed E-state index contributed by atoms with van der Waals surface area (Å²) in [4.78, 5) is 1.33.